The summed E-state index contributed by atoms with van der Waals surface area (Å²) in [6.07, 6.45) is 6.92. The van der Waals surface area contributed by atoms with Crippen molar-refractivity contribution in [3.63, 3.8) is 0 Å². The van der Waals surface area contributed by atoms with Gasteiger partial charge in [-0.05, 0) is 12.3 Å². The molecule has 2 amide bonds. The summed E-state index contributed by atoms with van der Waals surface area (Å²) in [5.41, 5.74) is 0. The third-order valence-electron chi connectivity index (χ3n) is 2.22. The number of nitrogens with one attached hydrogen (secondary N) is 2. The second-order valence-electron chi connectivity index (χ2n) is 4.07. The number of hydrogen-bond acceptors (Lipinski definition) is 2. The smallest absolute Gasteiger partial charge is 0.315 e. The van der Waals surface area contributed by atoms with Crippen LogP contribution in [0, 0.1) is 18.3 Å². The molecule has 5 nitrogen and oxygen atoms in total. The molecule has 0 aliphatic carbocycles. The number of rotatable bonds is 7. The van der Waals surface area contributed by atoms with Crippen molar-refractivity contribution < 1.29 is 14.7 Å². The lowest BCUT2D eigenvalue weighted by Gasteiger charge is -2.14. The van der Waals surface area contributed by atoms with Crippen LogP contribution >= 0.6 is 0 Å². The number of carboxylic acids is 1. The van der Waals surface area contributed by atoms with Crippen LogP contribution in [0.25, 0.3) is 0 Å². The summed E-state index contributed by atoms with van der Waals surface area (Å²) in [6, 6.07) is -0.617. The van der Waals surface area contributed by atoms with E-state index in [0.29, 0.717) is 6.54 Å². The monoisotopic (exact) mass is 240 g/mol. The molecular weight excluding hydrogens is 220 g/mol. The Morgan fingerprint density at radius 2 is 2.12 bits per heavy atom. The molecule has 3 N–H and O–H groups in total. The van der Waals surface area contributed by atoms with Gasteiger partial charge in [0, 0.05) is 13.0 Å². The summed E-state index contributed by atoms with van der Waals surface area (Å²) in [7, 11) is 0. The van der Waals surface area contributed by atoms with Gasteiger partial charge in [0.2, 0.25) is 0 Å². The van der Waals surface area contributed by atoms with E-state index in [1.54, 1.807) is 6.92 Å². The summed E-state index contributed by atoms with van der Waals surface area (Å²) in [4.78, 5) is 21.8. The van der Waals surface area contributed by atoms with Gasteiger partial charge in [-0.2, -0.15) is 0 Å². The number of carbonyl (C=O) groups excluding carboxylic acids is 1. The van der Waals surface area contributed by atoms with Crippen LogP contribution in [-0.2, 0) is 4.79 Å². The molecule has 0 saturated heterocycles. The maximum atomic E-state index is 11.4. The Hall–Kier alpha value is -1.70. The van der Waals surface area contributed by atoms with Gasteiger partial charge >= 0.3 is 12.0 Å². The van der Waals surface area contributed by atoms with Crippen LogP contribution in [0.2, 0.25) is 0 Å². The van der Waals surface area contributed by atoms with Crippen molar-refractivity contribution in [1.82, 2.24) is 10.6 Å². The van der Waals surface area contributed by atoms with Crippen LogP contribution in [0.1, 0.15) is 33.1 Å². The molecule has 0 aromatic carbocycles. The van der Waals surface area contributed by atoms with E-state index < -0.39 is 5.97 Å². The zero-order chi connectivity index (χ0) is 13.3. The Kier molecular flexibility index (Phi) is 7.61. The second-order valence-corrected chi connectivity index (χ2v) is 4.07. The van der Waals surface area contributed by atoms with Crippen molar-refractivity contribution in [1.29, 1.82) is 0 Å². The van der Waals surface area contributed by atoms with Crippen LogP contribution in [0.15, 0.2) is 0 Å². The van der Waals surface area contributed by atoms with Crippen molar-refractivity contribution in [2.24, 2.45) is 5.92 Å². The molecule has 5 heteroatoms. The zero-order valence-electron chi connectivity index (χ0n) is 10.3. The lowest BCUT2D eigenvalue weighted by Crippen LogP contribution is -2.43. The first-order valence-corrected chi connectivity index (χ1v) is 5.71. The summed E-state index contributed by atoms with van der Waals surface area (Å²) in [6.45, 7) is 4.07. The molecule has 0 aliphatic heterocycles. The highest BCUT2D eigenvalue weighted by Crippen LogP contribution is 1.99. The van der Waals surface area contributed by atoms with E-state index in [1.807, 2.05) is 6.92 Å². The topological polar surface area (TPSA) is 78.4 Å². The summed E-state index contributed by atoms with van der Waals surface area (Å²) < 4.78 is 0. The fourth-order valence-corrected chi connectivity index (χ4v) is 1.33. The molecule has 0 rings (SSSR count). The minimum atomic E-state index is -0.868. The minimum absolute atomic E-state index is 0.0355. The molecule has 0 aromatic heterocycles. The van der Waals surface area contributed by atoms with Crippen molar-refractivity contribution in [3.05, 3.63) is 0 Å². The lowest BCUT2D eigenvalue weighted by molar-refractivity contribution is -0.137. The van der Waals surface area contributed by atoms with Crippen molar-refractivity contribution in [3.8, 4) is 12.3 Å². The van der Waals surface area contributed by atoms with Gasteiger partial charge in [0.15, 0.2) is 0 Å². The zero-order valence-corrected chi connectivity index (χ0v) is 10.3. The number of aliphatic carboxylic acids is 1. The van der Waals surface area contributed by atoms with Gasteiger partial charge in [-0.1, -0.05) is 26.2 Å². The van der Waals surface area contributed by atoms with Crippen molar-refractivity contribution in [2.75, 3.05) is 6.54 Å². The molecule has 0 heterocycles. The Labute approximate surface area is 102 Å². The van der Waals surface area contributed by atoms with Crippen molar-refractivity contribution >= 4 is 12.0 Å². The number of carboxylic acid groups (broad SMARTS) is 1. The van der Waals surface area contributed by atoms with Gasteiger partial charge in [-0.25, -0.2) is 4.79 Å². The van der Waals surface area contributed by atoms with Crippen LogP contribution in [0.4, 0.5) is 4.79 Å². The fraction of sp³-hybridized carbons (Fsp3) is 0.667. The number of amides is 2. The van der Waals surface area contributed by atoms with Gasteiger partial charge in [0.05, 0.1) is 6.04 Å². The average Bonchev–Trinajstić information content (AvgIpc) is 2.25. The van der Waals surface area contributed by atoms with E-state index >= 15 is 0 Å². The Morgan fingerprint density at radius 3 is 2.59 bits per heavy atom. The summed E-state index contributed by atoms with van der Waals surface area (Å²) in [5.74, 6) is 1.52. The Morgan fingerprint density at radius 1 is 1.47 bits per heavy atom. The van der Waals surface area contributed by atoms with Gasteiger partial charge in [-0.15, -0.1) is 6.42 Å². The quantitative estimate of drug-likeness (QED) is 0.585. The van der Waals surface area contributed by atoms with E-state index in [1.165, 1.54) is 0 Å². The summed E-state index contributed by atoms with van der Waals surface area (Å²) in [5, 5.41) is 13.8. The van der Waals surface area contributed by atoms with Crippen LogP contribution in [-0.4, -0.2) is 29.7 Å². The van der Waals surface area contributed by atoms with E-state index in [-0.39, 0.29) is 24.4 Å². The molecule has 0 fully saturated rings. The first-order chi connectivity index (χ1) is 7.99. The predicted octanol–water partition coefficient (Wildman–Crippen LogP) is 1.20. The van der Waals surface area contributed by atoms with Crippen LogP contribution < -0.4 is 10.6 Å². The average molecular weight is 240 g/mol. The third-order valence-corrected chi connectivity index (χ3v) is 2.22. The van der Waals surface area contributed by atoms with E-state index in [4.69, 9.17) is 11.5 Å². The Balaban J connectivity index is 3.86. The van der Waals surface area contributed by atoms with Crippen molar-refractivity contribution in [2.45, 2.75) is 39.2 Å². The number of hydrogen-bond donors (Lipinski definition) is 3. The first kappa shape index (κ1) is 15.3. The normalized spacial score (nSPS) is 13.2. The van der Waals surface area contributed by atoms with Crippen LogP contribution in [0.5, 0.6) is 0 Å². The third kappa shape index (κ3) is 8.14. The maximum Gasteiger partial charge on any atom is 0.315 e. The molecule has 17 heavy (non-hydrogen) atoms. The molecule has 2 atom stereocenters. The SMILES string of the molecule is C#CC(CCC)NC(=O)NCC(C)CC(=O)O. The highest BCUT2D eigenvalue weighted by molar-refractivity contribution is 5.74. The highest BCUT2D eigenvalue weighted by atomic mass is 16.4. The van der Waals surface area contributed by atoms with Gasteiger partial charge in [0.25, 0.3) is 0 Å². The minimum Gasteiger partial charge on any atom is -0.481 e. The molecule has 2 unspecified atom stereocenters. The molecule has 0 saturated carbocycles. The van der Waals surface area contributed by atoms with E-state index in [0.717, 1.165) is 12.8 Å². The lowest BCUT2D eigenvalue weighted by atomic mass is 10.1. The van der Waals surface area contributed by atoms with Crippen LogP contribution in [0.3, 0.4) is 0 Å². The van der Waals surface area contributed by atoms with Gasteiger partial charge < -0.3 is 15.7 Å². The molecular formula is C12H20N2O3. The largest absolute Gasteiger partial charge is 0.481 e. The summed E-state index contributed by atoms with van der Waals surface area (Å²) >= 11 is 0. The molecule has 0 spiro atoms. The van der Waals surface area contributed by atoms with Gasteiger partial charge in [-0.3, -0.25) is 4.79 Å². The number of terminal acetylenes is 1. The molecule has 96 valence electrons. The standard InChI is InChI=1S/C12H20N2O3/c1-4-6-10(5-2)14-12(17)13-8-9(3)7-11(15)16/h2,9-10H,4,6-8H2,1,3H3,(H,15,16)(H2,13,14,17). The van der Waals surface area contributed by atoms with Gasteiger partial charge in [0.1, 0.15) is 0 Å². The molecule has 0 bridgehead atoms. The molecule has 0 aliphatic rings. The number of carbonyl (C=O) groups is 2. The van der Waals surface area contributed by atoms with E-state index in [9.17, 15) is 9.59 Å². The fourth-order valence-electron chi connectivity index (χ4n) is 1.33. The highest BCUT2D eigenvalue weighted by Gasteiger charge is 2.11. The second kappa shape index (κ2) is 8.45. The number of urea groups is 1. The predicted molar refractivity (Wildman–Crippen MR) is 65.5 cm³/mol. The molecule has 0 aromatic rings. The first-order valence-electron chi connectivity index (χ1n) is 5.71. The maximum absolute atomic E-state index is 11.4. The Bertz CT molecular complexity index is 297. The molecule has 0 radical (unpaired) electrons. The van der Waals surface area contributed by atoms with E-state index in [2.05, 4.69) is 16.6 Å².